The second kappa shape index (κ2) is 10.4. The summed E-state index contributed by atoms with van der Waals surface area (Å²) in [5, 5.41) is 14.2. The van der Waals surface area contributed by atoms with Gasteiger partial charge in [-0.25, -0.2) is 4.68 Å². The van der Waals surface area contributed by atoms with E-state index >= 15 is 0 Å². The maximum Gasteiger partial charge on any atom is 0.261 e. The Hall–Kier alpha value is -4.56. The lowest BCUT2D eigenvalue weighted by molar-refractivity contribution is -0.113. The number of halogens is 1. The number of fused-ring (bicyclic) bond motifs is 1. The Kier molecular flexibility index (Phi) is 6.89. The third kappa shape index (κ3) is 4.86. The SMILES string of the molecule is COc1ccccc1NC(=O)C1=C(C)Nc2c(C(=O)Nc3ccc(C)cc3)cnn2[C@H]1c1ccc(Cl)cc1. The zero-order valence-electron chi connectivity index (χ0n) is 21.1. The van der Waals surface area contributed by atoms with Gasteiger partial charge in [-0.1, -0.05) is 53.6 Å². The van der Waals surface area contributed by atoms with E-state index in [4.69, 9.17) is 16.3 Å². The molecule has 3 N–H and O–H groups in total. The number of carbonyl (C=O) groups excluding carboxylic acids is 2. The van der Waals surface area contributed by atoms with Gasteiger partial charge in [0.15, 0.2) is 0 Å². The Morgan fingerprint density at radius 1 is 0.947 bits per heavy atom. The molecule has 0 fully saturated rings. The molecule has 4 aromatic rings. The summed E-state index contributed by atoms with van der Waals surface area (Å²) in [5.41, 5.74) is 4.49. The van der Waals surface area contributed by atoms with Crippen molar-refractivity contribution in [1.82, 2.24) is 9.78 Å². The quantitative estimate of drug-likeness (QED) is 0.284. The number of anilines is 3. The molecule has 1 aliphatic heterocycles. The van der Waals surface area contributed by atoms with Crippen LogP contribution in [0.2, 0.25) is 5.02 Å². The summed E-state index contributed by atoms with van der Waals surface area (Å²) >= 11 is 6.16. The first kappa shape index (κ1) is 25.1. The fourth-order valence-electron chi connectivity index (χ4n) is 4.44. The summed E-state index contributed by atoms with van der Waals surface area (Å²) in [6.45, 7) is 3.79. The number of carbonyl (C=O) groups is 2. The minimum Gasteiger partial charge on any atom is -0.495 e. The van der Waals surface area contributed by atoms with Crippen molar-refractivity contribution >= 4 is 40.6 Å². The third-order valence-corrected chi connectivity index (χ3v) is 6.61. The minimum atomic E-state index is -0.612. The highest BCUT2D eigenvalue weighted by Crippen LogP contribution is 2.38. The molecule has 0 aliphatic carbocycles. The second-order valence-corrected chi connectivity index (χ2v) is 9.38. The fourth-order valence-corrected chi connectivity index (χ4v) is 4.57. The second-order valence-electron chi connectivity index (χ2n) is 8.94. The van der Waals surface area contributed by atoms with Crippen LogP contribution in [0.1, 0.15) is 34.5 Å². The van der Waals surface area contributed by atoms with Crippen LogP contribution < -0.4 is 20.7 Å². The van der Waals surface area contributed by atoms with Gasteiger partial charge in [0.05, 0.1) is 24.6 Å². The van der Waals surface area contributed by atoms with Crippen molar-refractivity contribution in [3.8, 4) is 5.75 Å². The highest BCUT2D eigenvalue weighted by Gasteiger charge is 2.35. The van der Waals surface area contributed by atoms with Gasteiger partial charge in [0.1, 0.15) is 23.2 Å². The van der Waals surface area contributed by atoms with Crippen LogP contribution in [0.15, 0.2) is 90.3 Å². The summed E-state index contributed by atoms with van der Waals surface area (Å²) in [7, 11) is 1.55. The monoisotopic (exact) mass is 527 g/mol. The minimum absolute atomic E-state index is 0.313. The van der Waals surface area contributed by atoms with Gasteiger partial charge >= 0.3 is 0 Å². The molecule has 9 heteroatoms. The van der Waals surface area contributed by atoms with Crippen molar-refractivity contribution in [2.75, 3.05) is 23.1 Å². The van der Waals surface area contributed by atoms with Crippen LogP contribution in [0.25, 0.3) is 0 Å². The number of amides is 2. The summed E-state index contributed by atoms with van der Waals surface area (Å²) < 4.78 is 7.05. The van der Waals surface area contributed by atoms with Crippen LogP contribution in [0.4, 0.5) is 17.2 Å². The summed E-state index contributed by atoms with van der Waals surface area (Å²) in [6.07, 6.45) is 1.50. The van der Waals surface area contributed by atoms with Gasteiger partial charge in [-0.3, -0.25) is 9.59 Å². The van der Waals surface area contributed by atoms with Crippen molar-refractivity contribution in [2.24, 2.45) is 0 Å². The number of hydrogen-bond donors (Lipinski definition) is 3. The van der Waals surface area contributed by atoms with Crippen LogP contribution in [0, 0.1) is 6.92 Å². The number of hydrogen-bond acceptors (Lipinski definition) is 5. The van der Waals surface area contributed by atoms with E-state index in [0.29, 0.717) is 44.8 Å². The Morgan fingerprint density at radius 2 is 1.66 bits per heavy atom. The molecule has 0 saturated carbocycles. The zero-order valence-corrected chi connectivity index (χ0v) is 21.8. The molecular weight excluding hydrogens is 502 g/mol. The number of aryl methyl sites for hydroxylation is 1. The van der Waals surface area contributed by atoms with E-state index in [1.807, 2.05) is 55.5 Å². The van der Waals surface area contributed by atoms with E-state index in [1.54, 1.807) is 43.0 Å². The van der Waals surface area contributed by atoms with E-state index < -0.39 is 6.04 Å². The molecule has 1 aromatic heterocycles. The van der Waals surface area contributed by atoms with E-state index in [-0.39, 0.29) is 11.8 Å². The molecule has 1 atom stereocenters. The lowest BCUT2D eigenvalue weighted by atomic mass is 9.94. The maximum absolute atomic E-state index is 13.7. The Balaban J connectivity index is 1.54. The molecule has 3 aromatic carbocycles. The molecule has 38 heavy (non-hydrogen) atoms. The zero-order chi connectivity index (χ0) is 26.8. The number of benzene rings is 3. The molecule has 1 aliphatic rings. The topological polar surface area (TPSA) is 97.3 Å². The predicted molar refractivity (Wildman–Crippen MR) is 149 cm³/mol. The Morgan fingerprint density at radius 3 is 2.37 bits per heavy atom. The van der Waals surface area contributed by atoms with Crippen molar-refractivity contribution in [3.05, 3.63) is 112 Å². The van der Waals surface area contributed by atoms with E-state index in [2.05, 4.69) is 21.0 Å². The van der Waals surface area contributed by atoms with E-state index in [9.17, 15) is 9.59 Å². The number of para-hydroxylation sites is 2. The van der Waals surface area contributed by atoms with Crippen LogP contribution in [0.3, 0.4) is 0 Å². The van der Waals surface area contributed by atoms with Crippen molar-refractivity contribution in [2.45, 2.75) is 19.9 Å². The lowest BCUT2D eigenvalue weighted by Gasteiger charge is -2.30. The molecule has 0 unspecified atom stereocenters. The number of rotatable bonds is 6. The van der Waals surface area contributed by atoms with E-state index in [0.717, 1.165) is 11.1 Å². The van der Waals surface area contributed by atoms with E-state index in [1.165, 1.54) is 6.20 Å². The standard InChI is InChI=1S/C29H26ClN5O3/c1-17-8-14-21(15-9-17)33-28(36)22-16-31-35-26(19-10-12-20(30)13-11-19)25(18(2)32-27(22)35)29(37)34-23-6-4-5-7-24(23)38-3/h4-16,26,32H,1-3H3,(H,33,36)(H,34,37)/t26-/m0/s1. The van der Waals surface area contributed by atoms with Crippen LogP contribution in [-0.4, -0.2) is 28.7 Å². The Labute approximate surface area is 225 Å². The molecule has 0 saturated heterocycles. The largest absolute Gasteiger partial charge is 0.495 e. The highest BCUT2D eigenvalue weighted by atomic mass is 35.5. The van der Waals surface area contributed by atoms with Gasteiger partial charge in [-0.15, -0.1) is 0 Å². The predicted octanol–water partition coefficient (Wildman–Crippen LogP) is 6.03. The molecular formula is C29H26ClN5O3. The molecule has 2 heterocycles. The van der Waals surface area contributed by atoms with Gasteiger partial charge in [-0.2, -0.15) is 5.10 Å². The highest BCUT2D eigenvalue weighted by molar-refractivity contribution is 6.30. The smallest absolute Gasteiger partial charge is 0.261 e. The first-order valence-corrected chi connectivity index (χ1v) is 12.4. The Bertz CT molecular complexity index is 1540. The van der Waals surface area contributed by atoms with Crippen molar-refractivity contribution in [1.29, 1.82) is 0 Å². The van der Waals surface area contributed by atoms with Gasteiger partial charge < -0.3 is 20.7 Å². The van der Waals surface area contributed by atoms with Crippen LogP contribution >= 0.6 is 11.6 Å². The molecule has 0 bridgehead atoms. The third-order valence-electron chi connectivity index (χ3n) is 6.36. The summed E-state index contributed by atoms with van der Waals surface area (Å²) in [4.78, 5) is 26.9. The summed E-state index contributed by atoms with van der Waals surface area (Å²) in [6, 6.07) is 21.3. The van der Waals surface area contributed by atoms with Crippen LogP contribution in [-0.2, 0) is 4.79 Å². The number of allylic oxidation sites excluding steroid dienone is 1. The first-order chi connectivity index (χ1) is 18.4. The van der Waals surface area contributed by atoms with Crippen LogP contribution in [0.5, 0.6) is 5.75 Å². The van der Waals surface area contributed by atoms with Gasteiger partial charge in [0.25, 0.3) is 11.8 Å². The normalized spacial score (nSPS) is 14.4. The van der Waals surface area contributed by atoms with Crippen molar-refractivity contribution < 1.29 is 14.3 Å². The summed E-state index contributed by atoms with van der Waals surface area (Å²) in [5.74, 6) is 0.389. The average molecular weight is 528 g/mol. The number of methoxy groups -OCH3 is 1. The molecule has 8 nitrogen and oxygen atoms in total. The first-order valence-electron chi connectivity index (χ1n) is 12.0. The maximum atomic E-state index is 13.7. The molecule has 5 rings (SSSR count). The molecule has 2 amide bonds. The number of aromatic nitrogens is 2. The number of nitrogens with zero attached hydrogens (tertiary/aromatic N) is 2. The molecule has 192 valence electrons. The molecule has 0 spiro atoms. The van der Waals surface area contributed by atoms with Gasteiger partial charge in [0, 0.05) is 16.4 Å². The van der Waals surface area contributed by atoms with Gasteiger partial charge in [0.2, 0.25) is 0 Å². The fraction of sp³-hybridized carbons (Fsp3) is 0.138. The number of ether oxygens (including phenoxy) is 1. The number of nitrogens with one attached hydrogen (secondary N) is 3. The average Bonchev–Trinajstić information content (AvgIpc) is 3.33. The molecule has 0 radical (unpaired) electrons. The van der Waals surface area contributed by atoms with Crippen molar-refractivity contribution in [3.63, 3.8) is 0 Å². The lowest BCUT2D eigenvalue weighted by Crippen LogP contribution is -2.32. The van der Waals surface area contributed by atoms with Gasteiger partial charge in [-0.05, 0) is 55.8 Å².